The van der Waals surface area contributed by atoms with Crippen LogP contribution in [0.15, 0.2) is 34.2 Å². The highest BCUT2D eigenvalue weighted by Gasteiger charge is 2.12. The van der Waals surface area contributed by atoms with Gasteiger partial charge in [-0.05, 0) is 25.0 Å². The maximum atomic E-state index is 12.7. The summed E-state index contributed by atoms with van der Waals surface area (Å²) in [5.74, 6) is 0.248. The molecule has 0 fully saturated rings. The van der Waals surface area contributed by atoms with E-state index in [1.807, 2.05) is 25.1 Å². The number of hydrogen-bond acceptors (Lipinski definition) is 4. The molecule has 2 aromatic rings. The van der Waals surface area contributed by atoms with E-state index in [0.29, 0.717) is 29.1 Å². The van der Waals surface area contributed by atoms with Crippen molar-refractivity contribution in [2.45, 2.75) is 44.8 Å². The van der Waals surface area contributed by atoms with Crippen LogP contribution < -0.4 is 10.9 Å². The van der Waals surface area contributed by atoms with Crippen LogP contribution >= 0.6 is 11.8 Å². The molecule has 23 heavy (non-hydrogen) atoms. The molecule has 2 rings (SSSR count). The Labute approximate surface area is 140 Å². The van der Waals surface area contributed by atoms with E-state index in [-0.39, 0.29) is 17.2 Å². The van der Waals surface area contributed by atoms with E-state index in [4.69, 9.17) is 0 Å². The molecule has 1 amide bonds. The van der Waals surface area contributed by atoms with Crippen LogP contribution in [-0.4, -0.2) is 27.8 Å². The highest BCUT2D eigenvalue weighted by atomic mass is 32.2. The zero-order chi connectivity index (χ0) is 16.7. The van der Waals surface area contributed by atoms with E-state index in [1.165, 1.54) is 11.8 Å². The van der Waals surface area contributed by atoms with Gasteiger partial charge in [0.05, 0.1) is 16.7 Å². The molecule has 1 N–H and O–H groups in total. The molecule has 0 aliphatic carbocycles. The van der Waals surface area contributed by atoms with Gasteiger partial charge in [0, 0.05) is 13.1 Å². The van der Waals surface area contributed by atoms with Crippen molar-refractivity contribution in [3.05, 3.63) is 34.6 Å². The fraction of sp³-hybridized carbons (Fsp3) is 0.471. The SMILES string of the molecule is CCCCn1c(SCC(=O)NCCC)nc2ccccc2c1=O. The summed E-state index contributed by atoms with van der Waals surface area (Å²) in [5, 5.41) is 4.09. The molecule has 5 nitrogen and oxygen atoms in total. The predicted molar refractivity (Wildman–Crippen MR) is 94.9 cm³/mol. The lowest BCUT2D eigenvalue weighted by molar-refractivity contribution is -0.118. The Morgan fingerprint density at radius 3 is 2.78 bits per heavy atom. The minimum atomic E-state index is -0.0273. The largest absolute Gasteiger partial charge is 0.355 e. The lowest BCUT2D eigenvalue weighted by atomic mass is 10.2. The number of benzene rings is 1. The van der Waals surface area contributed by atoms with Crippen LogP contribution in [0, 0.1) is 0 Å². The molecule has 0 radical (unpaired) electrons. The molecule has 0 bridgehead atoms. The Hall–Kier alpha value is -1.82. The second kappa shape index (κ2) is 8.72. The van der Waals surface area contributed by atoms with E-state index in [1.54, 1.807) is 10.6 Å². The lowest BCUT2D eigenvalue weighted by Crippen LogP contribution is -2.27. The number of fused-ring (bicyclic) bond motifs is 1. The van der Waals surface area contributed by atoms with Crippen molar-refractivity contribution in [3.8, 4) is 0 Å². The van der Waals surface area contributed by atoms with Crippen molar-refractivity contribution >= 4 is 28.6 Å². The van der Waals surface area contributed by atoms with E-state index in [9.17, 15) is 9.59 Å². The molecular formula is C17H23N3O2S. The van der Waals surface area contributed by atoms with Crippen LogP contribution in [0.2, 0.25) is 0 Å². The monoisotopic (exact) mass is 333 g/mol. The van der Waals surface area contributed by atoms with E-state index in [0.717, 1.165) is 19.3 Å². The summed E-state index contributed by atoms with van der Waals surface area (Å²) in [7, 11) is 0. The van der Waals surface area contributed by atoms with Crippen molar-refractivity contribution < 1.29 is 4.79 Å². The Bertz CT molecular complexity index is 727. The topological polar surface area (TPSA) is 64.0 Å². The Kier molecular flexibility index (Phi) is 6.65. The van der Waals surface area contributed by atoms with Crippen LogP contribution in [0.1, 0.15) is 33.1 Å². The van der Waals surface area contributed by atoms with Crippen LogP contribution in [0.25, 0.3) is 10.9 Å². The van der Waals surface area contributed by atoms with E-state index in [2.05, 4.69) is 17.2 Å². The van der Waals surface area contributed by atoms with E-state index >= 15 is 0 Å². The van der Waals surface area contributed by atoms with Crippen molar-refractivity contribution in [1.82, 2.24) is 14.9 Å². The summed E-state index contributed by atoms with van der Waals surface area (Å²) in [5.41, 5.74) is 0.655. The summed E-state index contributed by atoms with van der Waals surface area (Å²) in [6.45, 7) is 5.41. The predicted octanol–water partition coefficient (Wildman–Crippen LogP) is 2.81. The molecule has 0 aliphatic heterocycles. The van der Waals surface area contributed by atoms with Crippen LogP contribution in [0.4, 0.5) is 0 Å². The quantitative estimate of drug-likeness (QED) is 0.596. The van der Waals surface area contributed by atoms with Gasteiger partial charge in [0.1, 0.15) is 0 Å². The van der Waals surface area contributed by atoms with Gasteiger partial charge in [-0.1, -0.05) is 44.2 Å². The van der Waals surface area contributed by atoms with Crippen molar-refractivity contribution in [2.24, 2.45) is 0 Å². The first-order valence-electron chi connectivity index (χ1n) is 8.06. The molecule has 1 aromatic heterocycles. The number of thioether (sulfide) groups is 1. The molecule has 1 aromatic carbocycles. The molecule has 6 heteroatoms. The zero-order valence-corrected chi connectivity index (χ0v) is 14.5. The van der Waals surface area contributed by atoms with Crippen molar-refractivity contribution in [2.75, 3.05) is 12.3 Å². The summed E-state index contributed by atoms with van der Waals surface area (Å²) >= 11 is 1.32. The second-order valence-electron chi connectivity index (χ2n) is 5.36. The molecule has 0 atom stereocenters. The number of carbonyl (C=O) groups is 1. The first-order chi connectivity index (χ1) is 11.2. The molecule has 124 valence electrons. The molecule has 1 heterocycles. The molecular weight excluding hydrogens is 310 g/mol. The Morgan fingerprint density at radius 1 is 1.26 bits per heavy atom. The van der Waals surface area contributed by atoms with Gasteiger partial charge >= 0.3 is 0 Å². The molecule has 0 saturated heterocycles. The molecule has 0 aliphatic rings. The summed E-state index contributed by atoms with van der Waals surface area (Å²) in [6, 6.07) is 7.35. The zero-order valence-electron chi connectivity index (χ0n) is 13.7. The van der Waals surface area contributed by atoms with Gasteiger partial charge in [-0.15, -0.1) is 0 Å². The summed E-state index contributed by atoms with van der Waals surface area (Å²) < 4.78 is 1.70. The van der Waals surface area contributed by atoms with Crippen LogP contribution in [0.3, 0.4) is 0 Å². The van der Waals surface area contributed by atoms with Gasteiger partial charge in [0.2, 0.25) is 5.91 Å². The number of nitrogens with zero attached hydrogens (tertiary/aromatic N) is 2. The van der Waals surface area contributed by atoms with Gasteiger partial charge in [0.15, 0.2) is 5.16 Å². The average Bonchev–Trinajstić information content (AvgIpc) is 2.57. The van der Waals surface area contributed by atoms with Crippen molar-refractivity contribution in [3.63, 3.8) is 0 Å². The standard InChI is InChI=1S/C17H23N3O2S/c1-3-5-11-20-16(22)13-8-6-7-9-14(13)19-17(20)23-12-15(21)18-10-4-2/h6-9H,3-5,10-12H2,1-2H3,(H,18,21). The highest BCUT2D eigenvalue weighted by molar-refractivity contribution is 7.99. The minimum Gasteiger partial charge on any atom is -0.355 e. The number of hydrogen-bond donors (Lipinski definition) is 1. The van der Waals surface area contributed by atoms with Crippen molar-refractivity contribution in [1.29, 1.82) is 0 Å². The smallest absolute Gasteiger partial charge is 0.262 e. The third-order valence-corrected chi connectivity index (χ3v) is 4.44. The molecule has 0 unspecified atom stereocenters. The first kappa shape index (κ1) is 17.5. The van der Waals surface area contributed by atoms with Gasteiger partial charge in [-0.25, -0.2) is 4.98 Å². The van der Waals surface area contributed by atoms with Gasteiger partial charge in [-0.2, -0.15) is 0 Å². The first-order valence-corrected chi connectivity index (χ1v) is 9.05. The van der Waals surface area contributed by atoms with Gasteiger partial charge < -0.3 is 5.32 Å². The highest BCUT2D eigenvalue weighted by Crippen LogP contribution is 2.18. The Morgan fingerprint density at radius 2 is 2.04 bits per heavy atom. The number of aromatic nitrogens is 2. The number of para-hydroxylation sites is 1. The molecule has 0 saturated carbocycles. The van der Waals surface area contributed by atoms with E-state index < -0.39 is 0 Å². The van der Waals surface area contributed by atoms with Gasteiger partial charge in [0.25, 0.3) is 5.56 Å². The van der Waals surface area contributed by atoms with Crippen LogP contribution in [0.5, 0.6) is 0 Å². The average molecular weight is 333 g/mol. The fourth-order valence-corrected chi connectivity index (χ4v) is 3.07. The van der Waals surface area contributed by atoms with Gasteiger partial charge in [-0.3, -0.25) is 14.2 Å². The number of nitrogens with one attached hydrogen (secondary N) is 1. The number of carbonyl (C=O) groups excluding carboxylic acids is 1. The lowest BCUT2D eigenvalue weighted by Gasteiger charge is -2.12. The number of rotatable bonds is 8. The maximum Gasteiger partial charge on any atom is 0.262 e. The second-order valence-corrected chi connectivity index (χ2v) is 6.30. The number of unbranched alkanes of at least 4 members (excludes halogenated alkanes) is 1. The minimum absolute atomic E-state index is 0.0266. The van der Waals surface area contributed by atoms with Crippen LogP contribution in [-0.2, 0) is 11.3 Å². The summed E-state index contributed by atoms with van der Waals surface area (Å²) in [6.07, 6.45) is 2.82. The maximum absolute atomic E-state index is 12.7. The third-order valence-electron chi connectivity index (χ3n) is 3.47. The number of amides is 1. The molecule has 0 spiro atoms. The normalized spacial score (nSPS) is 10.9. The third kappa shape index (κ3) is 4.58. The fourth-order valence-electron chi connectivity index (χ4n) is 2.22. The summed E-state index contributed by atoms with van der Waals surface area (Å²) in [4.78, 5) is 29.1. The Balaban J connectivity index is 2.28.